The molecule has 0 spiro atoms. The molecule has 0 fully saturated rings. The third-order valence-electron chi connectivity index (χ3n) is 6.05. The van der Waals surface area contributed by atoms with Gasteiger partial charge in [0, 0.05) is 26.6 Å². The molecular weight excluding hydrogens is 493 g/mol. The first-order valence-corrected chi connectivity index (χ1v) is 13.7. The van der Waals surface area contributed by atoms with E-state index < -0.39 is 34.3 Å². The molecule has 0 bridgehead atoms. The summed E-state index contributed by atoms with van der Waals surface area (Å²) in [5, 5.41) is 2.93. The number of nitrogens with one attached hydrogen (secondary N) is 1. The minimum Gasteiger partial charge on any atom is -0.350 e. The second kappa shape index (κ2) is 12.6. The Kier molecular flexibility index (Phi) is 9.54. The summed E-state index contributed by atoms with van der Waals surface area (Å²) in [6, 6.07) is 21.7. The van der Waals surface area contributed by atoms with Crippen LogP contribution in [0.25, 0.3) is 0 Å². The number of sulfonamides is 1. The van der Waals surface area contributed by atoms with Crippen LogP contribution in [0.2, 0.25) is 0 Å². The summed E-state index contributed by atoms with van der Waals surface area (Å²) in [6.07, 6.45) is 1.23. The molecule has 3 aromatic carbocycles. The number of amides is 2. The monoisotopic (exact) mass is 525 g/mol. The molecule has 9 heteroatoms. The van der Waals surface area contributed by atoms with Crippen LogP contribution in [0.1, 0.15) is 22.3 Å². The lowest BCUT2D eigenvalue weighted by Crippen LogP contribution is -2.52. The lowest BCUT2D eigenvalue weighted by molar-refractivity contribution is -0.141. The molecule has 1 unspecified atom stereocenters. The summed E-state index contributed by atoms with van der Waals surface area (Å²) in [5.74, 6) is -1.33. The van der Waals surface area contributed by atoms with E-state index >= 15 is 0 Å². The zero-order valence-corrected chi connectivity index (χ0v) is 22.0. The van der Waals surface area contributed by atoms with E-state index in [0.29, 0.717) is 5.56 Å². The maximum Gasteiger partial charge on any atom is 0.243 e. The molecule has 0 radical (unpaired) electrons. The molecule has 0 saturated carbocycles. The summed E-state index contributed by atoms with van der Waals surface area (Å²) >= 11 is 0. The lowest BCUT2D eigenvalue weighted by Gasteiger charge is -2.32. The smallest absolute Gasteiger partial charge is 0.243 e. The Morgan fingerprint density at radius 2 is 1.49 bits per heavy atom. The van der Waals surface area contributed by atoms with E-state index in [9.17, 15) is 22.4 Å². The second-order valence-corrected chi connectivity index (χ2v) is 11.2. The fraction of sp³-hybridized carbons (Fsp3) is 0.286. The Labute approximate surface area is 218 Å². The van der Waals surface area contributed by atoms with Gasteiger partial charge in [-0.2, -0.15) is 4.31 Å². The van der Waals surface area contributed by atoms with Gasteiger partial charge >= 0.3 is 0 Å². The molecule has 1 atom stereocenters. The minimum absolute atomic E-state index is 0.00612. The van der Waals surface area contributed by atoms with Crippen molar-refractivity contribution in [3.63, 3.8) is 0 Å². The van der Waals surface area contributed by atoms with Gasteiger partial charge in [0.1, 0.15) is 11.9 Å². The second-order valence-electron chi connectivity index (χ2n) is 9.08. The molecule has 0 saturated heterocycles. The van der Waals surface area contributed by atoms with E-state index in [0.717, 1.165) is 27.3 Å². The van der Waals surface area contributed by atoms with Crippen molar-refractivity contribution >= 4 is 21.8 Å². The molecule has 7 nitrogen and oxygen atoms in total. The Morgan fingerprint density at radius 1 is 0.892 bits per heavy atom. The minimum atomic E-state index is -3.63. The number of nitrogens with zero attached hydrogens (tertiary/aromatic N) is 2. The molecule has 196 valence electrons. The topological polar surface area (TPSA) is 86.8 Å². The van der Waals surface area contributed by atoms with Crippen LogP contribution < -0.4 is 5.32 Å². The molecule has 37 heavy (non-hydrogen) atoms. The summed E-state index contributed by atoms with van der Waals surface area (Å²) in [4.78, 5) is 28.4. The van der Waals surface area contributed by atoms with Crippen LogP contribution in [-0.2, 0) is 39.1 Å². The number of rotatable bonds is 11. The highest BCUT2D eigenvalue weighted by atomic mass is 32.2. The van der Waals surface area contributed by atoms with Crippen LogP contribution in [0.4, 0.5) is 4.39 Å². The molecular formula is C28H32FN3O4S. The highest BCUT2D eigenvalue weighted by molar-refractivity contribution is 7.88. The van der Waals surface area contributed by atoms with Crippen molar-refractivity contribution in [2.75, 3.05) is 19.8 Å². The van der Waals surface area contributed by atoms with Crippen LogP contribution in [0.15, 0.2) is 78.9 Å². The average molecular weight is 526 g/mol. The molecule has 1 N–H and O–H groups in total. The largest absolute Gasteiger partial charge is 0.350 e. The number of carbonyl (C=O) groups is 2. The van der Waals surface area contributed by atoms with Crippen LogP contribution in [0.5, 0.6) is 0 Å². The number of halogens is 1. The number of hydrogen-bond acceptors (Lipinski definition) is 4. The summed E-state index contributed by atoms with van der Waals surface area (Å²) in [7, 11) is -2.32. The molecule has 0 aliphatic carbocycles. The van der Waals surface area contributed by atoms with Crippen molar-refractivity contribution < 1.29 is 22.4 Å². The Morgan fingerprint density at radius 3 is 2.08 bits per heavy atom. The number of benzene rings is 3. The van der Waals surface area contributed by atoms with Gasteiger partial charge in [0.2, 0.25) is 21.8 Å². The standard InChI is InChI=1S/C28H32FN3O4S/c1-21-9-11-23(12-10-21)18-30-28(34)26(17-22-7-5-4-6-8-22)32(19-24-13-15-25(29)16-14-24)27(33)20-31(2)37(3,35)36/h4-16,26H,17-20H2,1-3H3,(H,30,34). The zero-order valence-electron chi connectivity index (χ0n) is 21.2. The van der Waals surface area contributed by atoms with E-state index in [4.69, 9.17) is 0 Å². The van der Waals surface area contributed by atoms with Gasteiger partial charge in [-0.25, -0.2) is 12.8 Å². The first-order chi connectivity index (χ1) is 17.5. The van der Waals surface area contributed by atoms with E-state index in [1.54, 1.807) is 12.1 Å². The Balaban J connectivity index is 1.93. The predicted molar refractivity (Wildman–Crippen MR) is 141 cm³/mol. The fourth-order valence-corrected chi connectivity index (χ4v) is 4.10. The molecule has 0 aliphatic rings. The van der Waals surface area contributed by atoms with Gasteiger partial charge < -0.3 is 10.2 Å². The van der Waals surface area contributed by atoms with Gasteiger partial charge in [-0.3, -0.25) is 9.59 Å². The van der Waals surface area contributed by atoms with Crippen molar-refractivity contribution in [1.29, 1.82) is 0 Å². The van der Waals surface area contributed by atoms with Crippen LogP contribution >= 0.6 is 0 Å². The molecule has 0 aromatic heterocycles. The predicted octanol–water partition coefficient (Wildman–Crippen LogP) is 3.28. The van der Waals surface area contributed by atoms with Gasteiger partial charge in [0.05, 0.1) is 12.8 Å². The van der Waals surface area contributed by atoms with Gasteiger partial charge in [-0.05, 0) is 35.7 Å². The Hall–Kier alpha value is -3.56. The maximum atomic E-state index is 13.6. The summed E-state index contributed by atoms with van der Waals surface area (Å²) < 4.78 is 38.5. The van der Waals surface area contributed by atoms with E-state index in [1.165, 1.54) is 24.1 Å². The SMILES string of the molecule is Cc1ccc(CNC(=O)C(Cc2ccccc2)N(Cc2ccc(F)cc2)C(=O)CN(C)S(C)(=O)=O)cc1. The third-order valence-corrected chi connectivity index (χ3v) is 7.31. The van der Waals surface area contributed by atoms with Gasteiger partial charge in [-0.15, -0.1) is 0 Å². The number of hydrogen-bond donors (Lipinski definition) is 1. The van der Waals surface area contributed by atoms with Gasteiger partial charge in [-0.1, -0.05) is 72.3 Å². The molecule has 2 amide bonds. The first kappa shape index (κ1) is 28.0. The molecule has 3 aromatic rings. The van der Waals surface area contributed by atoms with E-state index in [2.05, 4.69) is 5.32 Å². The molecule has 0 aliphatic heterocycles. The van der Waals surface area contributed by atoms with Crippen molar-refractivity contribution in [2.45, 2.75) is 32.5 Å². The van der Waals surface area contributed by atoms with E-state index in [-0.39, 0.29) is 25.4 Å². The highest BCUT2D eigenvalue weighted by Crippen LogP contribution is 2.16. The van der Waals surface area contributed by atoms with Gasteiger partial charge in [0.25, 0.3) is 0 Å². The number of carbonyl (C=O) groups excluding carboxylic acids is 2. The van der Waals surface area contributed by atoms with Gasteiger partial charge in [0.15, 0.2) is 0 Å². The van der Waals surface area contributed by atoms with Crippen LogP contribution in [0.3, 0.4) is 0 Å². The van der Waals surface area contributed by atoms with Crippen molar-refractivity contribution in [1.82, 2.24) is 14.5 Å². The number of likely N-dealkylation sites (N-methyl/N-ethyl adjacent to an activating group) is 1. The normalized spacial score (nSPS) is 12.2. The average Bonchev–Trinajstić information content (AvgIpc) is 2.86. The number of aryl methyl sites for hydroxylation is 1. The molecule has 0 heterocycles. The summed E-state index contributed by atoms with van der Waals surface area (Å²) in [6.45, 7) is 1.82. The van der Waals surface area contributed by atoms with Crippen molar-refractivity contribution in [3.8, 4) is 0 Å². The summed E-state index contributed by atoms with van der Waals surface area (Å²) in [5.41, 5.74) is 3.46. The van der Waals surface area contributed by atoms with Crippen LogP contribution in [0, 0.1) is 12.7 Å². The van der Waals surface area contributed by atoms with E-state index in [1.807, 2.05) is 61.5 Å². The van der Waals surface area contributed by atoms with Crippen molar-refractivity contribution in [3.05, 3.63) is 107 Å². The van der Waals surface area contributed by atoms with Crippen LogP contribution in [-0.4, -0.2) is 55.3 Å². The van der Waals surface area contributed by atoms with Crippen molar-refractivity contribution in [2.24, 2.45) is 0 Å². The lowest BCUT2D eigenvalue weighted by atomic mass is 10.0. The zero-order chi connectivity index (χ0) is 27.0. The first-order valence-electron chi connectivity index (χ1n) is 11.9. The highest BCUT2D eigenvalue weighted by Gasteiger charge is 2.31. The fourth-order valence-electron chi connectivity index (χ4n) is 3.75. The maximum absolute atomic E-state index is 13.6. The molecule has 3 rings (SSSR count). The Bertz CT molecular complexity index is 1300. The third kappa shape index (κ3) is 8.51. The quantitative estimate of drug-likeness (QED) is 0.416.